The third kappa shape index (κ3) is 4.23. The summed E-state index contributed by atoms with van der Waals surface area (Å²) in [6.45, 7) is 8.07. The third-order valence-corrected chi connectivity index (χ3v) is 3.94. The highest BCUT2D eigenvalue weighted by Gasteiger charge is 2.03. The minimum atomic E-state index is 0.553. The van der Waals surface area contributed by atoms with Crippen LogP contribution in [0.5, 0.6) is 5.75 Å². The number of thiazole rings is 1. The lowest BCUT2D eigenvalue weighted by atomic mass is 10.0. The fourth-order valence-corrected chi connectivity index (χ4v) is 2.54. The predicted octanol–water partition coefficient (Wildman–Crippen LogP) is 4.67. The molecule has 20 heavy (non-hydrogen) atoms. The highest BCUT2D eigenvalue weighted by Crippen LogP contribution is 2.22. The number of hydrogen-bond acceptors (Lipinski definition) is 4. The van der Waals surface area contributed by atoms with Crippen molar-refractivity contribution in [2.75, 3.05) is 11.9 Å². The SMILES string of the molecule is CCCNc1ncc(COc2ccc(C(C)C)cc2)s1. The topological polar surface area (TPSA) is 34.2 Å². The molecule has 0 saturated heterocycles. The minimum Gasteiger partial charge on any atom is -0.488 e. The molecule has 1 N–H and O–H groups in total. The first kappa shape index (κ1) is 14.9. The normalized spacial score (nSPS) is 10.8. The molecule has 4 heteroatoms. The predicted molar refractivity (Wildman–Crippen MR) is 85.8 cm³/mol. The highest BCUT2D eigenvalue weighted by molar-refractivity contribution is 7.15. The Bertz CT molecular complexity index is 520. The van der Waals surface area contributed by atoms with Crippen molar-refractivity contribution < 1.29 is 4.74 Å². The molecule has 1 heterocycles. The quantitative estimate of drug-likeness (QED) is 0.804. The smallest absolute Gasteiger partial charge is 0.182 e. The molecule has 0 aliphatic rings. The van der Waals surface area contributed by atoms with Crippen molar-refractivity contribution in [3.8, 4) is 5.75 Å². The summed E-state index contributed by atoms with van der Waals surface area (Å²) in [6.07, 6.45) is 2.98. The Balaban J connectivity index is 1.86. The fraction of sp³-hybridized carbons (Fsp3) is 0.438. The standard InChI is InChI=1S/C16H22N2OS/c1-4-9-17-16-18-10-15(20-16)11-19-14-7-5-13(6-8-14)12(2)3/h5-8,10,12H,4,9,11H2,1-3H3,(H,17,18). The summed E-state index contributed by atoms with van der Waals surface area (Å²) < 4.78 is 5.79. The van der Waals surface area contributed by atoms with Crippen LogP contribution in [-0.4, -0.2) is 11.5 Å². The van der Waals surface area contributed by atoms with Crippen molar-refractivity contribution in [3.63, 3.8) is 0 Å². The van der Waals surface area contributed by atoms with E-state index in [2.05, 4.69) is 43.2 Å². The van der Waals surface area contributed by atoms with Crippen LogP contribution in [0.4, 0.5) is 5.13 Å². The molecule has 0 saturated carbocycles. The lowest BCUT2D eigenvalue weighted by Crippen LogP contribution is -1.97. The Morgan fingerprint density at radius 2 is 2.00 bits per heavy atom. The summed E-state index contributed by atoms with van der Waals surface area (Å²) in [6, 6.07) is 8.32. The number of anilines is 1. The average Bonchev–Trinajstić information content (AvgIpc) is 2.91. The van der Waals surface area contributed by atoms with E-state index in [0.717, 1.165) is 28.7 Å². The molecule has 0 spiro atoms. The zero-order valence-electron chi connectivity index (χ0n) is 12.3. The van der Waals surface area contributed by atoms with Gasteiger partial charge in [-0.1, -0.05) is 44.2 Å². The van der Waals surface area contributed by atoms with E-state index in [1.165, 1.54) is 5.56 Å². The van der Waals surface area contributed by atoms with Crippen molar-refractivity contribution in [1.82, 2.24) is 4.98 Å². The van der Waals surface area contributed by atoms with E-state index in [1.807, 2.05) is 18.3 Å². The molecule has 2 rings (SSSR count). The fourth-order valence-electron chi connectivity index (χ4n) is 1.79. The number of rotatable bonds is 7. The Morgan fingerprint density at radius 3 is 2.65 bits per heavy atom. The van der Waals surface area contributed by atoms with Gasteiger partial charge >= 0.3 is 0 Å². The lowest BCUT2D eigenvalue weighted by Gasteiger charge is -2.07. The molecule has 0 bridgehead atoms. The second-order valence-electron chi connectivity index (χ2n) is 5.07. The van der Waals surface area contributed by atoms with Gasteiger partial charge in [-0.05, 0) is 30.0 Å². The second-order valence-corrected chi connectivity index (χ2v) is 6.19. The van der Waals surface area contributed by atoms with Crippen molar-refractivity contribution in [1.29, 1.82) is 0 Å². The van der Waals surface area contributed by atoms with E-state index in [1.54, 1.807) is 11.3 Å². The summed E-state index contributed by atoms with van der Waals surface area (Å²) in [5.74, 6) is 1.46. The molecule has 0 fully saturated rings. The van der Waals surface area contributed by atoms with E-state index in [4.69, 9.17) is 4.74 Å². The number of nitrogens with zero attached hydrogens (tertiary/aromatic N) is 1. The molecule has 0 aliphatic carbocycles. The van der Waals surface area contributed by atoms with Gasteiger partial charge in [-0.3, -0.25) is 0 Å². The number of hydrogen-bond donors (Lipinski definition) is 1. The molecule has 3 nitrogen and oxygen atoms in total. The van der Waals surface area contributed by atoms with Crippen LogP contribution in [0.1, 0.15) is 43.6 Å². The number of nitrogens with one attached hydrogen (secondary N) is 1. The summed E-state index contributed by atoms with van der Waals surface area (Å²) >= 11 is 1.65. The molecule has 2 aromatic rings. The van der Waals surface area contributed by atoms with Crippen LogP contribution in [0.25, 0.3) is 0 Å². The van der Waals surface area contributed by atoms with E-state index in [9.17, 15) is 0 Å². The Morgan fingerprint density at radius 1 is 1.25 bits per heavy atom. The van der Waals surface area contributed by atoms with Crippen LogP contribution in [0.2, 0.25) is 0 Å². The Hall–Kier alpha value is -1.55. The van der Waals surface area contributed by atoms with E-state index in [0.29, 0.717) is 12.5 Å². The second kappa shape index (κ2) is 7.29. The molecule has 1 aromatic heterocycles. The van der Waals surface area contributed by atoms with Gasteiger partial charge in [0, 0.05) is 12.7 Å². The van der Waals surface area contributed by atoms with Crippen molar-refractivity contribution in [2.45, 2.75) is 39.7 Å². The van der Waals surface area contributed by atoms with Crippen molar-refractivity contribution in [3.05, 3.63) is 40.9 Å². The summed E-state index contributed by atoms with van der Waals surface area (Å²) in [5.41, 5.74) is 1.33. The molecule has 0 atom stereocenters. The van der Waals surface area contributed by atoms with Gasteiger partial charge in [-0.25, -0.2) is 4.98 Å². The van der Waals surface area contributed by atoms with Crippen molar-refractivity contribution in [2.24, 2.45) is 0 Å². The van der Waals surface area contributed by atoms with Crippen molar-refractivity contribution >= 4 is 16.5 Å². The molecule has 0 aliphatic heterocycles. The zero-order valence-corrected chi connectivity index (χ0v) is 13.2. The van der Waals surface area contributed by atoms with Crippen LogP contribution in [0, 0.1) is 0 Å². The molecule has 108 valence electrons. The van der Waals surface area contributed by atoms with Crippen LogP contribution < -0.4 is 10.1 Å². The maximum atomic E-state index is 5.79. The minimum absolute atomic E-state index is 0.553. The van der Waals surface area contributed by atoms with Gasteiger partial charge in [0.1, 0.15) is 12.4 Å². The largest absolute Gasteiger partial charge is 0.488 e. The molecule has 0 amide bonds. The lowest BCUT2D eigenvalue weighted by molar-refractivity contribution is 0.309. The van der Waals surface area contributed by atoms with Gasteiger partial charge in [0.15, 0.2) is 5.13 Å². The number of aromatic nitrogens is 1. The third-order valence-electron chi connectivity index (χ3n) is 3.01. The first-order valence-corrected chi connectivity index (χ1v) is 7.92. The van der Waals surface area contributed by atoms with Gasteiger partial charge in [-0.15, -0.1) is 0 Å². The average molecular weight is 290 g/mol. The summed E-state index contributed by atoms with van der Waals surface area (Å²) in [7, 11) is 0. The van der Waals surface area contributed by atoms with Crippen LogP contribution in [0.3, 0.4) is 0 Å². The van der Waals surface area contributed by atoms with Crippen LogP contribution in [0.15, 0.2) is 30.5 Å². The number of benzene rings is 1. The Labute approximate surface area is 125 Å². The molecule has 0 unspecified atom stereocenters. The molecule has 1 aromatic carbocycles. The maximum absolute atomic E-state index is 5.79. The summed E-state index contributed by atoms with van der Waals surface area (Å²) in [4.78, 5) is 5.47. The van der Waals surface area contributed by atoms with Crippen LogP contribution >= 0.6 is 11.3 Å². The van der Waals surface area contributed by atoms with E-state index < -0.39 is 0 Å². The summed E-state index contributed by atoms with van der Waals surface area (Å²) in [5, 5.41) is 4.26. The molecular weight excluding hydrogens is 268 g/mol. The first-order valence-electron chi connectivity index (χ1n) is 7.10. The maximum Gasteiger partial charge on any atom is 0.182 e. The zero-order chi connectivity index (χ0) is 14.4. The first-order chi connectivity index (χ1) is 9.69. The van der Waals surface area contributed by atoms with Gasteiger partial charge in [0.05, 0.1) is 4.88 Å². The van der Waals surface area contributed by atoms with Crippen LogP contribution in [-0.2, 0) is 6.61 Å². The van der Waals surface area contributed by atoms with E-state index in [-0.39, 0.29) is 0 Å². The monoisotopic (exact) mass is 290 g/mol. The van der Waals surface area contributed by atoms with E-state index >= 15 is 0 Å². The van der Waals surface area contributed by atoms with Gasteiger partial charge < -0.3 is 10.1 Å². The molecule has 0 radical (unpaired) electrons. The van der Waals surface area contributed by atoms with Gasteiger partial charge in [-0.2, -0.15) is 0 Å². The highest BCUT2D eigenvalue weighted by atomic mass is 32.1. The molecular formula is C16H22N2OS. The number of ether oxygens (including phenoxy) is 1. The van der Waals surface area contributed by atoms with Gasteiger partial charge in [0.2, 0.25) is 0 Å². The van der Waals surface area contributed by atoms with Gasteiger partial charge in [0.25, 0.3) is 0 Å². The Kier molecular flexibility index (Phi) is 5.41.